The van der Waals surface area contributed by atoms with Gasteiger partial charge in [0.05, 0.1) is 0 Å². The van der Waals surface area contributed by atoms with Crippen LogP contribution in [0, 0.1) is 5.82 Å². The van der Waals surface area contributed by atoms with E-state index in [9.17, 15) is 4.39 Å². The molecule has 2 aromatic rings. The molecule has 1 saturated heterocycles. The Labute approximate surface area is 147 Å². The Morgan fingerprint density at radius 3 is 2.75 bits per heavy atom. The topological polar surface area (TPSA) is 21.3 Å². The summed E-state index contributed by atoms with van der Waals surface area (Å²) in [6.45, 7) is 4.04. The Morgan fingerprint density at radius 1 is 1.21 bits per heavy atom. The molecule has 0 spiro atoms. The van der Waals surface area contributed by atoms with E-state index in [0.29, 0.717) is 22.9 Å². The third-order valence-electron chi connectivity index (χ3n) is 5.26. The van der Waals surface area contributed by atoms with E-state index in [2.05, 4.69) is 23.5 Å². The first-order valence-electron chi connectivity index (χ1n) is 8.54. The molecular weight excluding hydrogens is 325 g/mol. The average Bonchev–Trinajstić information content (AvgIpc) is 2.92. The smallest absolute Gasteiger partial charge is 0.138 e. The van der Waals surface area contributed by atoms with Gasteiger partial charge in [0, 0.05) is 17.0 Å². The van der Waals surface area contributed by atoms with Crippen LogP contribution in [0.2, 0.25) is 5.02 Å². The van der Waals surface area contributed by atoms with Crippen LogP contribution in [0.5, 0.6) is 5.75 Å². The molecule has 126 valence electrons. The van der Waals surface area contributed by atoms with E-state index in [-0.39, 0.29) is 5.82 Å². The van der Waals surface area contributed by atoms with Crippen LogP contribution in [0.3, 0.4) is 0 Å². The van der Waals surface area contributed by atoms with Crippen molar-refractivity contribution < 1.29 is 9.13 Å². The fraction of sp³-hybridized carbons (Fsp3) is 0.400. The first-order chi connectivity index (χ1) is 11.6. The molecule has 2 aliphatic heterocycles. The van der Waals surface area contributed by atoms with Crippen molar-refractivity contribution in [2.24, 2.45) is 0 Å². The van der Waals surface area contributed by atoms with Crippen molar-refractivity contribution in [1.29, 1.82) is 0 Å². The van der Waals surface area contributed by atoms with Crippen molar-refractivity contribution in [3.05, 3.63) is 63.9 Å². The van der Waals surface area contributed by atoms with Gasteiger partial charge in [-0.05, 0) is 62.0 Å². The van der Waals surface area contributed by atoms with E-state index in [1.807, 2.05) is 6.92 Å². The van der Waals surface area contributed by atoms with Gasteiger partial charge in [-0.2, -0.15) is 0 Å². The molecule has 2 aliphatic rings. The Morgan fingerprint density at radius 2 is 2.00 bits per heavy atom. The van der Waals surface area contributed by atoms with Crippen molar-refractivity contribution in [2.75, 3.05) is 13.1 Å². The summed E-state index contributed by atoms with van der Waals surface area (Å²) in [5, 5.41) is 3.81. The lowest BCUT2D eigenvalue weighted by Gasteiger charge is -2.28. The maximum atomic E-state index is 14.5. The molecule has 0 aromatic heterocycles. The van der Waals surface area contributed by atoms with Crippen molar-refractivity contribution >= 4 is 11.6 Å². The van der Waals surface area contributed by atoms with Gasteiger partial charge >= 0.3 is 0 Å². The second kappa shape index (κ2) is 6.05. The highest BCUT2D eigenvalue weighted by atomic mass is 35.5. The van der Waals surface area contributed by atoms with Gasteiger partial charge in [-0.3, -0.25) is 0 Å². The number of rotatable bonds is 2. The number of ether oxygens (including phenoxy) is 1. The van der Waals surface area contributed by atoms with E-state index in [4.69, 9.17) is 16.3 Å². The first-order valence-corrected chi connectivity index (χ1v) is 8.92. The van der Waals surface area contributed by atoms with Crippen LogP contribution in [0.25, 0.3) is 0 Å². The van der Waals surface area contributed by atoms with Gasteiger partial charge < -0.3 is 10.1 Å². The van der Waals surface area contributed by atoms with Gasteiger partial charge in [-0.1, -0.05) is 35.9 Å². The van der Waals surface area contributed by atoms with Gasteiger partial charge in [-0.15, -0.1) is 0 Å². The minimum Gasteiger partial charge on any atom is -0.482 e. The molecule has 4 heteroatoms. The zero-order valence-electron chi connectivity index (χ0n) is 13.7. The highest BCUT2D eigenvalue weighted by Gasteiger charge is 2.40. The van der Waals surface area contributed by atoms with Gasteiger partial charge in [0.25, 0.3) is 0 Å². The van der Waals surface area contributed by atoms with E-state index < -0.39 is 5.60 Å². The Kier molecular flexibility index (Phi) is 4.01. The molecule has 0 amide bonds. The monoisotopic (exact) mass is 345 g/mol. The number of benzene rings is 2. The molecule has 2 aromatic carbocycles. The van der Waals surface area contributed by atoms with Gasteiger partial charge in [0.2, 0.25) is 0 Å². The summed E-state index contributed by atoms with van der Waals surface area (Å²) in [4.78, 5) is 0. The predicted octanol–water partition coefficient (Wildman–Crippen LogP) is 4.80. The summed E-state index contributed by atoms with van der Waals surface area (Å²) in [7, 11) is 0. The lowest BCUT2D eigenvalue weighted by molar-refractivity contribution is 0.109. The number of piperidine rings is 1. The Hall–Kier alpha value is -1.58. The molecule has 0 aliphatic carbocycles. The minimum atomic E-state index is -0.681. The van der Waals surface area contributed by atoms with Crippen LogP contribution in [0.1, 0.15) is 42.4 Å². The fourth-order valence-electron chi connectivity index (χ4n) is 4.02. The number of fused-ring (bicyclic) bond motifs is 1. The second-order valence-corrected chi connectivity index (χ2v) is 7.43. The van der Waals surface area contributed by atoms with Crippen LogP contribution in [0.15, 0.2) is 36.4 Å². The second-order valence-electron chi connectivity index (χ2n) is 6.99. The molecule has 1 atom stereocenters. The molecule has 2 nitrogen and oxygen atoms in total. The zero-order chi connectivity index (χ0) is 16.7. The number of hydrogen-bond donors (Lipinski definition) is 1. The van der Waals surface area contributed by atoms with Crippen molar-refractivity contribution in [3.63, 3.8) is 0 Å². The molecule has 0 radical (unpaired) electrons. The maximum Gasteiger partial charge on any atom is 0.138 e. The Bertz CT molecular complexity index is 772. The summed E-state index contributed by atoms with van der Waals surface area (Å²) in [6, 6.07) is 11.2. The predicted molar refractivity (Wildman–Crippen MR) is 94.4 cm³/mol. The molecule has 1 fully saturated rings. The van der Waals surface area contributed by atoms with Crippen LogP contribution in [0.4, 0.5) is 4.39 Å². The van der Waals surface area contributed by atoms with Gasteiger partial charge in [0.1, 0.15) is 17.2 Å². The highest BCUT2D eigenvalue weighted by molar-refractivity contribution is 6.30. The molecule has 0 saturated carbocycles. The van der Waals surface area contributed by atoms with E-state index >= 15 is 0 Å². The summed E-state index contributed by atoms with van der Waals surface area (Å²) in [6.07, 6.45) is 2.91. The molecule has 2 heterocycles. The van der Waals surface area contributed by atoms with Crippen LogP contribution >= 0.6 is 11.6 Å². The first kappa shape index (κ1) is 15.9. The highest BCUT2D eigenvalue weighted by Crippen LogP contribution is 2.47. The van der Waals surface area contributed by atoms with Gasteiger partial charge in [-0.25, -0.2) is 4.39 Å². The average molecular weight is 346 g/mol. The van der Waals surface area contributed by atoms with E-state index in [1.165, 1.54) is 17.2 Å². The third kappa shape index (κ3) is 2.70. The number of hydrogen-bond acceptors (Lipinski definition) is 2. The molecular formula is C20H21ClFNO. The maximum absolute atomic E-state index is 14.5. The minimum absolute atomic E-state index is 0.304. The lowest BCUT2D eigenvalue weighted by atomic mass is 9.87. The lowest BCUT2D eigenvalue weighted by Crippen LogP contribution is -2.29. The van der Waals surface area contributed by atoms with Crippen molar-refractivity contribution in [1.82, 2.24) is 5.32 Å². The van der Waals surface area contributed by atoms with E-state index in [1.54, 1.807) is 12.1 Å². The van der Waals surface area contributed by atoms with Crippen molar-refractivity contribution in [2.45, 2.75) is 37.7 Å². The molecule has 0 bridgehead atoms. The van der Waals surface area contributed by atoms with Crippen molar-refractivity contribution in [3.8, 4) is 5.75 Å². The molecule has 24 heavy (non-hydrogen) atoms. The van der Waals surface area contributed by atoms with E-state index in [0.717, 1.165) is 31.7 Å². The largest absolute Gasteiger partial charge is 0.482 e. The van der Waals surface area contributed by atoms with Crippen LogP contribution in [-0.2, 0) is 12.0 Å². The fourth-order valence-corrected chi connectivity index (χ4v) is 4.17. The summed E-state index contributed by atoms with van der Waals surface area (Å²) >= 11 is 5.90. The van der Waals surface area contributed by atoms with Gasteiger partial charge in [0.15, 0.2) is 0 Å². The SMILES string of the molecule is C[C@@]1(c2ccc(Cl)cc2F)Cc2cccc(C3CCNCC3)c2O1. The van der Waals surface area contributed by atoms with Crippen LogP contribution < -0.4 is 10.1 Å². The number of para-hydroxylation sites is 1. The normalized spacial score (nSPS) is 23.8. The third-order valence-corrected chi connectivity index (χ3v) is 5.50. The standard InChI is InChI=1S/C20H21ClFNO/c1-20(17-6-5-15(21)11-18(17)22)12-14-3-2-4-16(19(14)24-20)13-7-9-23-10-8-13/h2-6,11,13,23H,7-10,12H2,1H3/t20-/m0/s1. The van der Waals surface area contributed by atoms with Crippen LogP contribution in [-0.4, -0.2) is 13.1 Å². The molecule has 4 rings (SSSR count). The molecule has 0 unspecified atom stereocenters. The summed E-state index contributed by atoms with van der Waals surface area (Å²) in [5.41, 5.74) is 2.33. The quantitative estimate of drug-likeness (QED) is 0.844. The zero-order valence-corrected chi connectivity index (χ0v) is 14.5. The molecule has 1 N–H and O–H groups in total. The number of nitrogens with one attached hydrogen (secondary N) is 1. The Balaban J connectivity index is 1.70. The summed E-state index contributed by atoms with van der Waals surface area (Å²) in [5.74, 6) is 1.17. The summed E-state index contributed by atoms with van der Waals surface area (Å²) < 4.78 is 20.8. The number of halogens is 2.